The number of carbonyl (C=O) groups is 2. The van der Waals surface area contributed by atoms with Gasteiger partial charge >= 0.3 is 0 Å². The molecule has 0 aliphatic rings. The van der Waals surface area contributed by atoms with Gasteiger partial charge in [-0.05, 0) is 40.8 Å². The summed E-state index contributed by atoms with van der Waals surface area (Å²) >= 11 is 0. The summed E-state index contributed by atoms with van der Waals surface area (Å²) in [4.78, 5) is 24.6. The van der Waals surface area contributed by atoms with Crippen molar-refractivity contribution in [3.8, 4) is 11.1 Å². The molecule has 0 fully saturated rings. The number of para-hydroxylation sites is 1. The van der Waals surface area contributed by atoms with E-state index < -0.39 is 0 Å². The molecule has 0 aliphatic carbocycles. The van der Waals surface area contributed by atoms with Crippen LogP contribution in [-0.2, 0) is 4.79 Å². The topological polar surface area (TPSA) is 58.2 Å². The Kier molecular flexibility index (Phi) is 6.22. The van der Waals surface area contributed by atoms with Gasteiger partial charge in [0, 0.05) is 11.3 Å². The SMILES string of the molecule is CC(C)c1ccccc1NC(=O)CNC(=O)c1ccc(-c2ccccc2)cc1. The summed E-state index contributed by atoms with van der Waals surface area (Å²) < 4.78 is 0. The zero-order valence-electron chi connectivity index (χ0n) is 16.1. The number of carbonyl (C=O) groups excluding carboxylic acids is 2. The standard InChI is InChI=1S/C24H24N2O2/c1-17(2)21-10-6-7-11-22(21)26-23(27)16-25-24(28)20-14-12-19(13-15-20)18-8-4-3-5-9-18/h3-15,17H,16H2,1-2H3,(H,25,28)(H,26,27). The first-order valence-electron chi connectivity index (χ1n) is 9.37. The van der Waals surface area contributed by atoms with Gasteiger partial charge in [-0.1, -0.05) is 74.5 Å². The Hall–Kier alpha value is -3.40. The van der Waals surface area contributed by atoms with E-state index in [1.165, 1.54) is 0 Å². The summed E-state index contributed by atoms with van der Waals surface area (Å²) in [6.07, 6.45) is 0. The number of rotatable bonds is 6. The Morgan fingerprint density at radius 3 is 2.07 bits per heavy atom. The van der Waals surface area contributed by atoms with Gasteiger partial charge in [-0.3, -0.25) is 9.59 Å². The molecule has 0 aliphatic heterocycles. The molecule has 0 radical (unpaired) electrons. The monoisotopic (exact) mass is 372 g/mol. The lowest BCUT2D eigenvalue weighted by Gasteiger charge is -2.14. The molecule has 4 nitrogen and oxygen atoms in total. The van der Waals surface area contributed by atoms with Crippen LogP contribution in [-0.4, -0.2) is 18.4 Å². The highest BCUT2D eigenvalue weighted by Crippen LogP contribution is 2.23. The number of amides is 2. The van der Waals surface area contributed by atoms with Crippen molar-refractivity contribution in [2.24, 2.45) is 0 Å². The van der Waals surface area contributed by atoms with E-state index in [0.29, 0.717) is 11.5 Å². The van der Waals surface area contributed by atoms with Gasteiger partial charge in [0.1, 0.15) is 0 Å². The third-order valence-corrected chi connectivity index (χ3v) is 4.52. The van der Waals surface area contributed by atoms with E-state index >= 15 is 0 Å². The molecule has 0 atom stereocenters. The van der Waals surface area contributed by atoms with Crippen molar-refractivity contribution in [2.45, 2.75) is 19.8 Å². The van der Waals surface area contributed by atoms with Gasteiger partial charge in [0.15, 0.2) is 0 Å². The highest BCUT2D eigenvalue weighted by molar-refractivity contribution is 5.99. The number of benzene rings is 3. The zero-order chi connectivity index (χ0) is 19.9. The van der Waals surface area contributed by atoms with Gasteiger partial charge in [0.25, 0.3) is 5.91 Å². The highest BCUT2D eigenvalue weighted by atomic mass is 16.2. The summed E-state index contributed by atoms with van der Waals surface area (Å²) in [7, 11) is 0. The second-order valence-electron chi connectivity index (χ2n) is 6.92. The van der Waals surface area contributed by atoms with Gasteiger partial charge in [-0.2, -0.15) is 0 Å². The smallest absolute Gasteiger partial charge is 0.251 e. The van der Waals surface area contributed by atoms with Crippen LogP contribution in [0.15, 0.2) is 78.9 Å². The molecule has 2 N–H and O–H groups in total. The van der Waals surface area contributed by atoms with Gasteiger partial charge in [-0.25, -0.2) is 0 Å². The molecule has 28 heavy (non-hydrogen) atoms. The molecule has 0 bridgehead atoms. The molecule has 142 valence electrons. The second kappa shape index (κ2) is 9.00. The van der Waals surface area contributed by atoms with Crippen LogP contribution in [0.5, 0.6) is 0 Å². The highest BCUT2D eigenvalue weighted by Gasteiger charge is 2.11. The average molecular weight is 372 g/mol. The molecule has 0 spiro atoms. The van der Waals surface area contributed by atoms with Gasteiger partial charge in [0.05, 0.1) is 6.54 Å². The largest absolute Gasteiger partial charge is 0.343 e. The van der Waals surface area contributed by atoms with Crippen molar-refractivity contribution in [1.29, 1.82) is 0 Å². The molecule has 3 aromatic rings. The molecule has 0 aromatic heterocycles. The molecular weight excluding hydrogens is 348 g/mol. The van der Waals surface area contributed by atoms with E-state index in [1.807, 2.05) is 66.7 Å². The minimum atomic E-state index is -0.271. The van der Waals surface area contributed by atoms with Crippen LogP contribution in [0.2, 0.25) is 0 Å². The normalized spacial score (nSPS) is 10.5. The molecule has 3 aromatic carbocycles. The summed E-state index contributed by atoms with van der Waals surface area (Å²) in [5.41, 5.74) is 4.51. The van der Waals surface area contributed by atoms with Crippen LogP contribution in [0, 0.1) is 0 Å². The minimum Gasteiger partial charge on any atom is -0.343 e. The Morgan fingerprint density at radius 2 is 1.39 bits per heavy atom. The van der Waals surface area contributed by atoms with Crippen molar-refractivity contribution >= 4 is 17.5 Å². The van der Waals surface area contributed by atoms with E-state index in [9.17, 15) is 9.59 Å². The fourth-order valence-corrected chi connectivity index (χ4v) is 3.02. The Balaban J connectivity index is 1.57. The zero-order valence-corrected chi connectivity index (χ0v) is 16.1. The van der Waals surface area contributed by atoms with Crippen molar-refractivity contribution in [3.05, 3.63) is 90.0 Å². The quantitative estimate of drug-likeness (QED) is 0.650. The van der Waals surface area contributed by atoms with Crippen molar-refractivity contribution in [2.75, 3.05) is 11.9 Å². The summed E-state index contributed by atoms with van der Waals surface area (Å²) in [6.45, 7) is 4.07. The fraction of sp³-hybridized carbons (Fsp3) is 0.167. The Bertz CT molecular complexity index is 948. The number of nitrogens with one attached hydrogen (secondary N) is 2. The van der Waals surface area contributed by atoms with Crippen LogP contribution in [0.1, 0.15) is 35.7 Å². The molecule has 0 saturated carbocycles. The van der Waals surface area contributed by atoms with E-state index in [1.54, 1.807) is 12.1 Å². The third kappa shape index (κ3) is 4.86. The van der Waals surface area contributed by atoms with E-state index in [4.69, 9.17) is 0 Å². The van der Waals surface area contributed by atoms with E-state index in [0.717, 1.165) is 22.4 Å². The van der Waals surface area contributed by atoms with E-state index in [-0.39, 0.29) is 18.4 Å². The van der Waals surface area contributed by atoms with Crippen LogP contribution >= 0.6 is 0 Å². The lowest BCUT2D eigenvalue weighted by Crippen LogP contribution is -2.33. The molecule has 0 heterocycles. The van der Waals surface area contributed by atoms with Crippen LogP contribution in [0.3, 0.4) is 0 Å². The minimum absolute atomic E-state index is 0.0777. The van der Waals surface area contributed by atoms with Gasteiger partial charge in [-0.15, -0.1) is 0 Å². The first-order valence-corrected chi connectivity index (χ1v) is 9.37. The Morgan fingerprint density at radius 1 is 0.786 bits per heavy atom. The van der Waals surface area contributed by atoms with Crippen LogP contribution < -0.4 is 10.6 Å². The lowest BCUT2D eigenvalue weighted by atomic mass is 10.0. The van der Waals surface area contributed by atoms with Crippen LogP contribution in [0.4, 0.5) is 5.69 Å². The predicted octanol–water partition coefficient (Wildman–Crippen LogP) is 4.85. The summed E-state index contributed by atoms with van der Waals surface area (Å²) in [6, 6.07) is 25.0. The maximum absolute atomic E-state index is 12.3. The first kappa shape index (κ1) is 19.4. The molecular formula is C24H24N2O2. The maximum atomic E-state index is 12.3. The van der Waals surface area contributed by atoms with Gasteiger partial charge in [0.2, 0.25) is 5.91 Å². The van der Waals surface area contributed by atoms with Crippen molar-refractivity contribution < 1.29 is 9.59 Å². The maximum Gasteiger partial charge on any atom is 0.251 e. The van der Waals surface area contributed by atoms with Gasteiger partial charge < -0.3 is 10.6 Å². The third-order valence-electron chi connectivity index (χ3n) is 4.52. The molecule has 3 rings (SSSR count). The molecule has 0 saturated heterocycles. The number of hydrogen-bond donors (Lipinski definition) is 2. The molecule has 2 amide bonds. The molecule has 4 heteroatoms. The Labute approximate surface area is 165 Å². The predicted molar refractivity (Wildman–Crippen MR) is 113 cm³/mol. The molecule has 0 unspecified atom stereocenters. The fourth-order valence-electron chi connectivity index (χ4n) is 3.02. The van der Waals surface area contributed by atoms with E-state index in [2.05, 4.69) is 24.5 Å². The average Bonchev–Trinajstić information content (AvgIpc) is 2.73. The van der Waals surface area contributed by atoms with Crippen LogP contribution in [0.25, 0.3) is 11.1 Å². The van der Waals surface area contributed by atoms with Crippen molar-refractivity contribution in [1.82, 2.24) is 5.32 Å². The lowest BCUT2D eigenvalue weighted by molar-refractivity contribution is -0.115. The summed E-state index contributed by atoms with van der Waals surface area (Å²) in [5.74, 6) is -0.219. The number of hydrogen-bond acceptors (Lipinski definition) is 2. The first-order chi connectivity index (χ1) is 13.5. The van der Waals surface area contributed by atoms with Crippen molar-refractivity contribution in [3.63, 3.8) is 0 Å². The second-order valence-corrected chi connectivity index (χ2v) is 6.92. The summed E-state index contributed by atoms with van der Waals surface area (Å²) in [5, 5.41) is 5.55. The number of anilines is 1.